The Kier molecular flexibility index (Phi) is 5.98. The highest BCUT2D eigenvalue weighted by Gasteiger charge is 2.18. The fourth-order valence-electron chi connectivity index (χ4n) is 2.70. The van der Waals surface area contributed by atoms with Gasteiger partial charge in [0.05, 0.1) is 21.1 Å². The number of benzene rings is 2. The second-order valence-electron chi connectivity index (χ2n) is 6.30. The number of nitro benzene ring substituents is 1. The Labute approximate surface area is 175 Å². The molecule has 0 aliphatic rings. The molecule has 0 atom stereocenters. The molecule has 0 aliphatic carbocycles. The van der Waals surface area contributed by atoms with E-state index < -0.39 is 16.8 Å². The van der Waals surface area contributed by atoms with Crippen LogP contribution in [0.25, 0.3) is 17.4 Å². The molecule has 1 heterocycles. The summed E-state index contributed by atoms with van der Waals surface area (Å²) in [5.74, 6) is -1.03. The molecule has 3 rings (SSSR count). The monoisotopic (exact) mass is 426 g/mol. The van der Waals surface area contributed by atoms with Gasteiger partial charge in [-0.25, -0.2) is 4.79 Å². The molecule has 152 valence electrons. The summed E-state index contributed by atoms with van der Waals surface area (Å²) in [4.78, 5) is 33.9. The molecule has 0 fully saturated rings. The van der Waals surface area contributed by atoms with Gasteiger partial charge in [0.2, 0.25) is 5.91 Å². The van der Waals surface area contributed by atoms with E-state index in [0.29, 0.717) is 22.8 Å². The predicted molar refractivity (Wildman–Crippen MR) is 112 cm³/mol. The third kappa shape index (κ3) is 4.73. The number of aryl methyl sites for hydroxylation is 1. The van der Waals surface area contributed by atoms with E-state index in [1.54, 1.807) is 31.2 Å². The molecule has 0 spiro atoms. The van der Waals surface area contributed by atoms with Gasteiger partial charge in [-0.3, -0.25) is 14.9 Å². The number of aromatic carboxylic acids is 1. The van der Waals surface area contributed by atoms with Crippen LogP contribution in [0.5, 0.6) is 0 Å². The largest absolute Gasteiger partial charge is 0.478 e. The van der Waals surface area contributed by atoms with Crippen LogP contribution in [0.1, 0.15) is 21.7 Å². The lowest BCUT2D eigenvalue weighted by atomic mass is 10.1. The van der Waals surface area contributed by atoms with Gasteiger partial charge in [0.15, 0.2) is 0 Å². The van der Waals surface area contributed by atoms with Gasteiger partial charge in [-0.15, -0.1) is 0 Å². The maximum atomic E-state index is 12.1. The summed E-state index contributed by atoms with van der Waals surface area (Å²) in [7, 11) is 0. The summed E-state index contributed by atoms with van der Waals surface area (Å²) in [5.41, 5.74) is 1.28. The zero-order valence-corrected chi connectivity index (χ0v) is 16.3. The highest BCUT2D eigenvalue weighted by atomic mass is 35.5. The van der Waals surface area contributed by atoms with Crippen molar-refractivity contribution < 1.29 is 24.0 Å². The van der Waals surface area contributed by atoms with Gasteiger partial charge < -0.3 is 14.8 Å². The second-order valence-corrected chi connectivity index (χ2v) is 6.71. The van der Waals surface area contributed by atoms with Crippen LogP contribution in [0, 0.1) is 17.0 Å². The maximum absolute atomic E-state index is 12.1. The molecule has 30 heavy (non-hydrogen) atoms. The maximum Gasteiger partial charge on any atom is 0.337 e. The number of furan rings is 1. The number of rotatable bonds is 6. The van der Waals surface area contributed by atoms with E-state index in [4.69, 9.17) is 21.1 Å². The lowest BCUT2D eigenvalue weighted by molar-refractivity contribution is -0.384. The van der Waals surface area contributed by atoms with Crippen molar-refractivity contribution in [3.05, 3.63) is 86.6 Å². The Hall–Kier alpha value is -3.91. The van der Waals surface area contributed by atoms with E-state index in [0.717, 1.165) is 5.56 Å². The Balaban J connectivity index is 1.73. The van der Waals surface area contributed by atoms with Gasteiger partial charge in [-0.05, 0) is 55.0 Å². The summed E-state index contributed by atoms with van der Waals surface area (Å²) in [6.07, 6.45) is 2.62. The van der Waals surface area contributed by atoms with Crippen LogP contribution in [-0.2, 0) is 4.79 Å². The van der Waals surface area contributed by atoms with Gasteiger partial charge in [-0.2, -0.15) is 0 Å². The number of nitro groups is 1. The minimum Gasteiger partial charge on any atom is -0.478 e. The summed E-state index contributed by atoms with van der Waals surface area (Å²) >= 11 is 5.87. The van der Waals surface area contributed by atoms with Crippen LogP contribution in [-0.4, -0.2) is 21.9 Å². The van der Waals surface area contributed by atoms with Crippen LogP contribution in [0.4, 0.5) is 11.4 Å². The number of carboxylic acids is 1. The Morgan fingerprint density at radius 2 is 1.93 bits per heavy atom. The molecule has 2 aromatic carbocycles. The van der Waals surface area contributed by atoms with Gasteiger partial charge in [0, 0.05) is 17.8 Å². The fraction of sp³-hybridized carbons (Fsp3) is 0.0476. The lowest BCUT2D eigenvalue weighted by Crippen LogP contribution is -2.08. The van der Waals surface area contributed by atoms with E-state index in [1.807, 2.05) is 0 Å². The summed E-state index contributed by atoms with van der Waals surface area (Å²) in [6, 6.07) is 12.0. The average molecular weight is 427 g/mol. The van der Waals surface area contributed by atoms with E-state index in [-0.39, 0.29) is 16.3 Å². The lowest BCUT2D eigenvalue weighted by Gasteiger charge is -2.04. The predicted octanol–water partition coefficient (Wildman–Crippen LogP) is 5.17. The van der Waals surface area contributed by atoms with Crippen molar-refractivity contribution in [2.45, 2.75) is 6.92 Å². The summed E-state index contributed by atoms with van der Waals surface area (Å²) in [5, 5.41) is 22.8. The molecular weight excluding hydrogens is 412 g/mol. The van der Waals surface area contributed by atoms with Crippen molar-refractivity contribution in [2.24, 2.45) is 0 Å². The van der Waals surface area contributed by atoms with Crippen LogP contribution < -0.4 is 5.32 Å². The van der Waals surface area contributed by atoms with Crippen molar-refractivity contribution in [2.75, 3.05) is 5.32 Å². The van der Waals surface area contributed by atoms with Gasteiger partial charge >= 0.3 is 5.97 Å². The normalized spacial score (nSPS) is 10.9. The minimum atomic E-state index is -1.17. The summed E-state index contributed by atoms with van der Waals surface area (Å²) in [6.45, 7) is 1.76. The van der Waals surface area contributed by atoms with Crippen LogP contribution in [0.3, 0.4) is 0 Å². The quantitative estimate of drug-likeness (QED) is 0.318. The molecule has 0 unspecified atom stereocenters. The van der Waals surface area contributed by atoms with E-state index in [2.05, 4.69) is 5.32 Å². The van der Waals surface area contributed by atoms with Gasteiger partial charge in [-0.1, -0.05) is 17.7 Å². The number of hydrogen-bond donors (Lipinski definition) is 2. The van der Waals surface area contributed by atoms with Crippen molar-refractivity contribution in [3.63, 3.8) is 0 Å². The minimum absolute atomic E-state index is 0.000326. The standard InChI is InChI=1S/C21H15ClN2O6/c1-12-2-6-16(18(10-12)24(28)29)19-8-4-14(30-19)5-9-20(25)23-13-3-7-15(21(26)27)17(22)11-13/h2-11H,1H3,(H,23,25)(H,26,27)/b9-5+. The molecule has 0 aliphatic heterocycles. The number of halogens is 1. The Morgan fingerprint density at radius 1 is 1.17 bits per heavy atom. The zero-order valence-electron chi connectivity index (χ0n) is 15.6. The molecule has 1 amide bonds. The first-order chi connectivity index (χ1) is 14.2. The molecule has 0 bridgehead atoms. The highest BCUT2D eigenvalue weighted by molar-refractivity contribution is 6.33. The SMILES string of the molecule is Cc1ccc(-c2ccc(/C=C/C(=O)Nc3ccc(C(=O)O)c(Cl)c3)o2)c([N+](=O)[O-])c1. The zero-order chi connectivity index (χ0) is 21.8. The van der Waals surface area contributed by atoms with Crippen molar-refractivity contribution in [1.29, 1.82) is 0 Å². The first kappa shape index (κ1) is 20.8. The Morgan fingerprint density at radius 3 is 2.60 bits per heavy atom. The molecule has 8 nitrogen and oxygen atoms in total. The highest BCUT2D eigenvalue weighted by Crippen LogP contribution is 2.32. The van der Waals surface area contributed by atoms with Crippen LogP contribution >= 0.6 is 11.6 Å². The smallest absolute Gasteiger partial charge is 0.337 e. The number of carboxylic acid groups (broad SMARTS) is 1. The molecule has 2 N–H and O–H groups in total. The molecule has 0 saturated carbocycles. The first-order valence-electron chi connectivity index (χ1n) is 8.62. The number of hydrogen-bond acceptors (Lipinski definition) is 5. The molecule has 0 saturated heterocycles. The average Bonchev–Trinajstić information content (AvgIpc) is 3.15. The number of nitrogens with one attached hydrogen (secondary N) is 1. The van der Waals surface area contributed by atoms with E-state index in [9.17, 15) is 19.7 Å². The molecular formula is C21H15ClN2O6. The number of carbonyl (C=O) groups excluding carboxylic acids is 1. The fourth-order valence-corrected chi connectivity index (χ4v) is 2.96. The van der Waals surface area contributed by atoms with Crippen molar-refractivity contribution in [1.82, 2.24) is 0 Å². The number of anilines is 1. The topological polar surface area (TPSA) is 123 Å². The molecule has 0 radical (unpaired) electrons. The number of carbonyl (C=O) groups is 2. The second kappa shape index (κ2) is 8.62. The van der Waals surface area contributed by atoms with Crippen LogP contribution in [0.2, 0.25) is 5.02 Å². The van der Waals surface area contributed by atoms with E-state index >= 15 is 0 Å². The van der Waals surface area contributed by atoms with Gasteiger partial charge in [0.1, 0.15) is 11.5 Å². The van der Waals surface area contributed by atoms with Crippen molar-refractivity contribution >= 4 is 40.9 Å². The third-order valence-corrected chi connectivity index (χ3v) is 4.42. The third-order valence-electron chi connectivity index (χ3n) is 4.11. The van der Waals surface area contributed by atoms with Crippen LogP contribution in [0.15, 0.2) is 59.0 Å². The Bertz CT molecular complexity index is 1180. The van der Waals surface area contributed by atoms with Crippen molar-refractivity contribution in [3.8, 4) is 11.3 Å². The molecule has 1 aromatic heterocycles. The molecule has 3 aromatic rings. The van der Waals surface area contributed by atoms with Gasteiger partial charge in [0.25, 0.3) is 5.69 Å². The summed E-state index contributed by atoms with van der Waals surface area (Å²) < 4.78 is 5.60. The van der Waals surface area contributed by atoms with E-state index in [1.165, 1.54) is 36.4 Å². The first-order valence-corrected chi connectivity index (χ1v) is 8.99. The number of nitrogens with zero attached hydrogens (tertiary/aromatic N) is 1. The number of amides is 1. The molecule has 9 heteroatoms.